The Morgan fingerprint density at radius 3 is 2.03 bits per heavy atom. The Bertz CT molecular complexity index is 1030. The largest absolute Gasteiger partial charge is 0.384 e. The van der Waals surface area contributed by atoms with Crippen molar-refractivity contribution < 1.29 is 4.39 Å². The van der Waals surface area contributed by atoms with Crippen LogP contribution in [0.5, 0.6) is 0 Å². The molecule has 3 aromatic rings. The van der Waals surface area contributed by atoms with Crippen LogP contribution < -0.4 is 5.32 Å². The number of halogens is 1. The second-order valence-electron chi connectivity index (χ2n) is 8.62. The Balaban J connectivity index is 1.46. The number of piperidine rings is 1. The van der Waals surface area contributed by atoms with Crippen LogP contribution in [0.3, 0.4) is 0 Å². The summed E-state index contributed by atoms with van der Waals surface area (Å²) in [5, 5.41) is 3.63. The number of hydrogen-bond donors (Lipinski definition) is 1. The average molecular weight is 427 g/mol. The number of hydrogen-bond acceptors (Lipinski definition) is 2. The molecule has 1 aliphatic heterocycles. The molecule has 0 spiro atoms. The highest BCUT2D eigenvalue weighted by atomic mass is 19.1. The molecule has 164 valence electrons. The van der Waals surface area contributed by atoms with Crippen LogP contribution in [0, 0.1) is 5.82 Å². The van der Waals surface area contributed by atoms with Gasteiger partial charge in [0.05, 0.1) is 0 Å². The van der Waals surface area contributed by atoms with Crippen LogP contribution in [0.25, 0.3) is 0 Å². The third kappa shape index (κ3) is 4.94. The van der Waals surface area contributed by atoms with Crippen LogP contribution in [0.1, 0.15) is 29.5 Å². The second-order valence-corrected chi connectivity index (χ2v) is 8.62. The Hall–Kier alpha value is -3.33. The lowest BCUT2D eigenvalue weighted by Crippen LogP contribution is -2.46. The van der Waals surface area contributed by atoms with E-state index in [0.717, 1.165) is 55.9 Å². The molecule has 0 aliphatic carbocycles. The molecule has 3 aromatic carbocycles. The van der Waals surface area contributed by atoms with Gasteiger partial charge in [0.2, 0.25) is 0 Å². The fourth-order valence-corrected chi connectivity index (χ4v) is 4.65. The molecule has 0 saturated carbocycles. The van der Waals surface area contributed by atoms with E-state index in [1.54, 1.807) is 0 Å². The van der Waals surface area contributed by atoms with Crippen molar-refractivity contribution in [1.82, 2.24) is 10.2 Å². The zero-order valence-corrected chi connectivity index (χ0v) is 18.6. The highest BCUT2D eigenvalue weighted by molar-refractivity contribution is 5.36. The summed E-state index contributed by atoms with van der Waals surface area (Å²) in [6.45, 7) is 11.4. The summed E-state index contributed by atoms with van der Waals surface area (Å²) in [7, 11) is 0. The van der Waals surface area contributed by atoms with Crippen molar-refractivity contribution in [2.75, 3.05) is 13.1 Å². The van der Waals surface area contributed by atoms with E-state index in [4.69, 9.17) is 0 Å². The molecule has 0 bridgehead atoms. The van der Waals surface area contributed by atoms with Crippen molar-refractivity contribution in [2.24, 2.45) is 0 Å². The summed E-state index contributed by atoms with van der Waals surface area (Å²) >= 11 is 0. The van der Waals surface area contributed by atoms with Crippen molar-refractivity contribution in [1.29, 1.82) is 0 Å². The lowest BCUT2D eigenvalue weighted by atomic mass is 9.70. The highest BCUT2D eigenvalue weighted by Crippen LogP contribution is 2.41. The fourth-order valence-electron chi connectivity index (χ4n) is 4.65. The normalized spacial score (nSPS) is 15.2. The molecule has 0 amide bonds. The van der Waals surface area contributed by atoms with Gasteiger partial charge in [0, 0.05) is 42.9 Å². The van der Waals surface area contributed by atoms with E-state index in [1.807, 2.05) is 18.2 Å². The zero-order valence-electron chi connectivity index (χ0n) is 18.6. The molecule has 0 atom stereocenters. The molecule has 4 rings (SSSR count). The number of nitrogens with zero attached hydrogens (tertiary/aromatic N) is 1. The molecule has 1 N–H and O–H groups in total. The minimum absolute atomic E-state index is 0.108. The van der Waals surface area contributed by atoms with Crippen molar-refractivity contribution in [2.45, 2.75) is 31.2 Å². The standard InChI is InChI=1S/C29H31FN2/c1-23(21-25-13-15-28(30)16-14-25)32-19-17-29(18-20-32,27-11-7-4-8-12-27)24(2)31-22-26-9-5-3-6-10-26/h3-16,31H,1-2,17-22H2. The van der Waals surface area contributed by atoms with Crippen molar-refractivity contribution in [3.63, 3.8) is 0 Å². The minimum atomic E-state index is -0.202. The Kier molecular flexibility index (Phi) is 6.75. The smallest absolute Gasteiger partial charge is 0.123 e. The molecule has 1 heterocycles. The van der Waals surface area contributed by atoms with Gasteiger partial charge < -0.3 is 10.2 Å². The monoisotopic (exact) mass is 426 g/mol. The van der Waals surface area contributed by atoms with E-state index < -0.39 is 0 Å². The van der Waals surface area contributed by atoms with Gasteiger partial charge in [0.15, 0.2) is 0 Å². The van der Waals surface area contributed by atoms with Crippen LogP contribution >= 0.6 is 0 Å². The van der Waals surface area contributed by atoms with Gasteiger partial charge in [-0.25, -0.2) is 4.39 Å². The maximum absolute atomic E-state index is 13.2. The third-order valence-electron chi connectivity index (χ3n) is 6.64. The van der Waals surface area contributed by atoms with E-state index >= 15 is 0 Å². The van der Waals surface area contributed by atoms with Gasteiger partial charge >= 0.3 is 0 Å². The number of nitrogens with one attached hydrogen (secondary N) is 1. The molecule has 3 heteroatoms. The zero-order chi connectivity index (χ0) is 22.4. The van der Waals surface area contributed by atoms with Gasteiger partial charge in [-0.1, -0.05) is 86.0 Å². The summed E-state index contributed by atoms with van der Waals surface area (Å²) in [6.07, 6.45) is 2.69. The first-order chi connectivity index (χ1) is 15.6. The van der Waals surface area contributed by atoms with Crippen LogP contribution in [0.15, 0.2) is 109 Å². The summed E-state index contributed by atoms with van der Waals surface area (Å²) < 4.78 is 13.2. The van der Waals surface area contributed by atoms with Gasteiger partial charge in [-0.2, -0.15) is 0 Å². The van der Waals surface area contributed by atoms with Crippen molar-refractivity contribution in [3.05, 3.63) is 132 Å². The van der Waals surface area contributed by atoms with Crippen LogP contribution in [0.2, 0.25) is 0 Å². The minimum Gasteiger partial charge on any atom is -0.384 e. The second kappa shape index (κ2) is 9.86. The molecule has 0 radical (unpaired) electrons. The quantitative estimate of drug-likeness (QED) is 0.460. The maximum atomic E-state index is 13.2. The molecule has 1 fully saturated rings. The summed E-state index contributed by atoms with van der Waals surface area (Å²) in [6, 6.07) is 27.9. The van der Waals surface area contributed by atoms with Crippen LogP contribution in [0.4, 0.5) is 4.39 Å². The molecule has 1 saturated heterocycles. The molecule has 0 unspecified atom stereocenters. The number of allylic oxidation sites excluding steroid dienone is 2. The van der Waals surface area contributed by atoms with E-state index in [-0.39, 0.29) is 11.2 Å². The lowest BCUT2D eigenvalue weighted by molar-refractivity contribution is 0.209. The summed E-state index contributed by atoms with van der Waals surface area (Å²) in [4.78, 5) is 2.37. The Labute approximate surface area is 191 Å². The van der Waals surface area contributed by atoms with Gasteiger partial charge in [-0.15, -0.1) is 0 Å². The van der Waals surface area contributed by atoms with Crippen molar-refractivity contribution in [3.8, 4) is 0 Å². The average Bonchev–Trinajstić information content (AvgIpc) is 2.85. The number of likely N-dealkylation sites (tertiary alicyclic amines) is 1. The molecular weight excluding hydrogens is 395 g/mol. The highest BCUT2D eigenvalue weighted by Gasteiger charge is 2.39. The Morgan fingerprint density at radius 2 is 1.41 bits per heavy atom. The van der Waals surface area contributed by atoms with Gasteiger partial charge in [-0.05, 0) is 41.7 Å². The first kappa shape index (κ1) is 21.9. The molecule has 0 aromatic heterocycles. The molecule has 2 nitrogen and oxygen atoms in total. The van der Waals surface area contributed by atoms with Gasteiger partial charge in [0.1, 0.15) is 5.82 Å². The molecular formula is C29H31FN2. The lowest BCUT2D eigenvalue weighted by Gasteiger charge is -2.45. The number of benzene rings is 3. The molecule has 1 aliphatic rings. The van der Waals surface area contributed by atoms with E-state index in [2.05, 4.69) is 78.0 Å². The fraction of sp³-hybridized carbons (Fsp3) is 0.241. The van der Waals surface area contributed by atoms with Gasteiger partial charge in [0.25, 0.3) is 0 Å². The predicted molar refractivity (Wildman–Crippen MR) is 131 cm³/mol. The van der Waals surface area contributed by atoms with Crippen LogP contribution in [-0.2, 0) is 18.4 Å². The topological polar surface area (TPSA) is 15.3 Å². The Morgan fingerprint density at radius 1 is 0.812 bits per heavy atom. The SMILES string of the molecule is C=C(Cc1ccc(F)cc1)N1CCC(C(=C)NCc2ccccc2)(c2ccccc2)CC1. The van der Waals surface area contributed by atoms with E-state index in [9.17, 15) is 4.39 Å². The third-order valence-corrected chi connectivity index (χ3v) is 6.64. The predicted octanol–water partition coefficient (Wildman–Crippen LogP) is 6.22. The molecule has 32 heavy (non-hydrogen) atoms. The van der Waals surface area contributed by atoms with E-state index in [0.29, 0.717) is 0 Å². The first-order valence-electron chi connectivity index (χ1n) is 11.3. The van der Waals surface area contributed by atoms with Crippen LogP contribution in [-0.4, -0.2) is 18.0 Å². The number of rotatable bonds is 8. The maximum Gasteiger partial charge on any atom is 0.123 e. The van der Waals surface area contributed by atoms with Crippen molar-refractivity contribution >= 4 is 0 Å². The summed E-state index contributed by atoms with van der Waals surface area (Å²) in [5.74, 6) is -0.202. The van der Waals surface area contributed by atoms with E-state index in [1.165, 1.54) is 23.3 Å². The summed E-state index contributed by atoms with van der Waals surface area (Å²) in [5.41, 5.74) is 5.71. The first-order valence-corrected chi connectivity index (χ1v) is 11.3. The van der Waals surface area contributed by atoms with Gasteiger partial charge in [-0.3, -0.25) is 0 Å².